The Morgan fingerprint density at radius 3 is 2.73 bits per heavy atom. The number of carbonyl (C=O) groups is 1. The molecule has 26 heavy (non-hydrogen) atoms. The molecule has 1 aromatic heterocycles. The van der Waals surface area contributed by atoms with Gasteiger partial charge in [0.1, 0.15) is 0 Å². The van der Waals surface area contributed by atoms with E-state index in [1.807, 2.05) is 36.5 Å². The van der Waals surface area contributed by atoms with Crippen LogP contribution in [0.25, 0.3) is 21.9 Å². The number of aromatic nitrogens is 1. The van der Waals surface area contributed by atoms with Crippen LogP contribution in [0.5, 0.6) is 0 Å². The Morgan fingerprint density at radius 2 is 1.92 bits per heavy atom. The zero-order valence-corrected chi connectivity index (χ0v) is 14.9. The number of aryl methyl sites for hydroxylation is 1. The Kier molecular flexibility index (Phi) is 4.43. The number of aliphatic hydroxyl groups is 1. The van der Waals surface area contributed by atoms with E-state index in [9.17, 15) is 9.90 Å². The maximum Gasteiger partial charge on any atom is 0.254 e. The Morgan fingerprint density at radius 1 is 1.12 bits per heavy atom. The summed E-state index contributed by atoms with van der Waals surface area (Å²) in [7, 11) is 0. The van der Waals surface area contributed by atoms with Crippen LogP contribution in [0.4, 0.5) is 0 Å². The summed E-state index contributed by atoms with van der Waals surface area (Å²) in [5, 5.41) is 11.9. The summed E-state index contributed by atoms with van der Waals surface area (Å²) in [5.74, 6) is -0.00518. The van der Waals surface area contributed by atoms with E-state index < -0.39 is 6.10 Å². The number of aliphatic hydroxyl groups excluding tert-OH is 1. The van der Waals surface area contributed by atoms with Gasteiger partial charge in [0.15, 0.2) is 0 Å². The van der Waals surface area contributed by atoms with Crippen molar-refractivity contribution in [2.24, 2.45) is 0 Å². The topological polar surface area (TPSA) is 53.4 Å². The molecule has 1 saturated heterocycles. The first-order valence-electron chi connectivity index (χ1n) is 9.05. The van der Waals surface area contributed by atoms with Gasteiger partial charge in [-0.1, -0.05) is 30.3 Å². The van der Waals surface area contributed by atoms with E-state index in [2.05, 4.69) is 24.0 Å². The van der Waals surface area contributed by atoms with Crippen molar-refractivity contribution in [3.63, 3.8) is 0 Å². The second-order valence-corrected chi connectivity index (χ2v) is 6.94. The minimum absolute atomic E-state index is 0.00518. The van der Waals surface area contributed by atoms with Crippen LogP contribution in [0.3, 0.4) is 0 Å². The quantitative estimate of drug-likeness (QED) is 0.768. The van der Waals surface area contributed by atoms with Gasteiger partial charge in [-0.3, -0.25) is 9.78 Å². The van der Waals surface area contributed by atoms with E-state index in [4.69, 9.17) is 0 Å². The molecule has 0 spiro atoms. The highest BCUT2D eigenvalue weighted by atomic mass is 16.3. The van der Waals surface area contributed by atoms with Gasteiger partial charge in [0, 0.05) is 36.6 Å². The molecule has 1 amide bonds. The normalized spacial score (nSPS) is 17.5. The van der Waals surface area contributed by atoms with E-state index in [1.54, 1.807) is 11.1 Å². The number of carbonyl (C=O) groups excluding carboxylic acids is 1. The van der Waals surface area contributed by atoms with E-state index >= 15 is 0 Å². The third-order valence-electron chi connectivity index (χ3n) is 5.17. The molecule has 1 unspecified atom stereocenters. The zero-order valence-electron chi connectivity index (χ0n) is 14.9. The molecule has 132 valence electrons. The first-order valence-corrected chi connectivity index (χ1v) is 9.05. The summed E-state index contributed by atoms with van der Waals surface area (Å²) in [4.78, 5) is 19.1. The van der Waals surface area contributed by atoms with Crippen molar-refractivity contribution in [3.05, 3.63) is 66.0 Å². The molecule has 0 aliphatic carbocycles. The van der Waals surface area contributed by atoms with Crippen LogP contribution in [-0.4, -0.2) is 40.1 Å². The van der Waals surface area contributed by atoms with Gasteiger partial charge in [0.2, 0.25) is 0 Å². The molecule has 4 rings (SSSR count). The number of hydrogen-bond acceptors (Lipinski definition) is 3. The lowest BCUT2D eigenvalue weighted by Crippen LogP contribution is -2.42. The third kappa shape index (κ3) is 2.97. The molecule has 1 N–H and O–H groups in total. The highest BCUT2D eigenvalue weighted by Gasteiger charge is 2.24. The zero-order chi connectivity index (χ0) is 18.1. The Labute approximate surface area is 153 Å². The van der Waals surface area contributed by atoms with Crippen molar-refractivity contribution >= 4 is 16.7 Å². The average molecular weight is 346 g/mol. The molecule has 2 aromatic carbocycles. The molecule has 0 radical (unpaired) electrons. The molecule has 1 aliphatic rings. The summed E-state index contributed by atoms with van der Waals surface area (Å²) < 4.78 is 0. The number of hydrogen-bond donors (Lipinski definition) is 1. The Balaban J connectivity index is 1.82. The van der Waals surface area contributed by atoms with Crippen LogP contribution in [0.1, 0.15) is 28.8 Å². The first kappa shape index (κ1) is 16.7. The molecule has 2 heterocycles. The minimum Gasteiger partial charge on any atom is -0.391 e. The number of fused-ring (bicyclic) bond motifs is 1. The average Bonchev–Trinajstić information content (AvgIpc) is 2.67. The summed E-state index contributed by atoms with van der Waals surface area (Å²) in [6.45, 7) is 3.18. The molecular weight excluding hydrogens is 324 g/mol. The van der Waals surface area contributed by atoms with Gasteiger partial charge in [-0.05, 0) is 53.8 Å². The lowest BCUT2D eigenvalue weighted by atomic mass is 9.94. The number of nitrogens with zero attached hydrogens (tertiary/aromatic N) is 2. The summed E-state index contributed by atoms with van der Waals surface area (Å²) in [6, 6.07) is 13.9. The predicted octanol–water partition coefficient (Wildman–Crippen LogP) is 3.81. The van der Waals surface area contributed by atoms with Gasteiger partial charge in [-0.25, -0.2) is 0 Å². The summed E-state index contributed by atoms with van der Waals surface area (Å²) in [6.07, 6.45) is 4.86. The molecular formula is C22H22N2O2. The predicted molar refractivity (Wildman–Crippen MR) is 103 cm³/mol. The molecule has 1 aliphatic heterocycles. The Bertz CT molecular complexity index is 967. The van der Waals surface area contributed by atoms with Crippen molar-refractivity contribution in [3.8, 4) is 11.1 Å². The number of amides is 1. The SMILES string of the molecule is Cc1ccncc1-c1cccc2c(C(=O)N3CCCC(O)C3)cccc12. The fourth-order valence-corrected chi connectivity index (χ4v) is 3.79. The van der Waals surface area contributed by atoms with Crippen LogP contribution in [0.15, 0.2) is 54.9 Å². The van der Waals surface area contributed by atoms with Crippen LogP contribution < -0.4 is 0 Å². The van der Waals surface area contributed by atoms with Gasteiger partial charge in [0.25, 0.3) is 5.91 Å². The van der Waals surface area contributed by atoms with Gasteiger partial charge in [-0.15, -0.1) is 0 Å². The van der Waals surface area contributed by atoms with Crippen LogP contribution in [0, 0.1) is 6.92 Å². The van der Waals surface area contributed by atoms with E-state index in [1.165, 1.54) is 0 Å². The van der Waals surface area contributed by atoms with Crippen molar-refractivity contribution in [1.29, 1.82) is 0 Å². The van der Waals surface area contributed by atoms with Crippen molar-refractivity contribution in [2.75, 3.05) is 13.1 Å². The fourth-order valence-electron chi connectivity index (χ4n) is 3.79. The molecule has 1 atom stereocenters. The standard InChI is InChI=1S/C22H22N2O2/c1-15-10-11-23-13-21(15)19-8-2-7-18-17(19)6-3-9-20(18)22(26)24-12-4-5-16(25)14-24/h2-3,6-11,13,16,25H,4-5,12,14H2,1H3. The van der Waals surface area contributed by atoms with E-state index in [0.717, 1.165) is 40.3 Å². The van der Waals surface area contributed by atoms with Crippen LogP contribution >= 0.6 is 0 Å². The summed E-state index contributed by atoms with van der Waals surface area (Å²) in [5.41, 5.74) is 4.01. The van der Waals surface area contributed by atoms with E-state index in [-0.39, 0.29) is 5.91 Å². The van der Waals surface area contributed by atoms with Crippen LogP contribution in [0.2, 0.25) is 0 Å². The number of pyridine rings is 1. The van der Waals surface area contributed by atoms with Crippen molar-refractivity contribution in [2.45, 2.75) is 25.9 Å². The van der Waals surface area contributed by atoms with Gasteiger partial charge >= 0.3 is 0 Å². The number of β-amino-alcohol motifs (C(OH)–C–C–N with tert-alkyl or cyclic N) is 1. The second kappa shape index (κ2) is 6.89. The Hall–Kier alpha value is -2.72. The van der Waals surface area contributed by atoms with Gasteiger partial charge < -0.3 is 10.0 Å². The third-order valence-corrected chi connectivity index (χ3v) is 5.17. The minimum atomic E-state index is -0.420. The maximum atomic E-state index is 13.1. The lowest BCUT2D eigenvalue weighted by molar-refractivity contribution is 0.0475. The first-order chi connectivity index (χ1) is 12.6. The summed E-state index contributed by atoms with van der Waals surface area (Å²) >= 11 is 0. The lowest BCUT2D eigenvalue weighted by Gasteiger charge is -2.30. The van der Waals surface area contributed by atoms with Crippen molar-refractivity contribution in [1.82, 2.24) is 9.88 Å². The number of rotatable bonds is 2. The fraction of sp³-hybridized carbons (Fsp3) is 0.273. The number of piperidine rings is 1. The highest BCUT2D eigenvalue weighted by molar-refractivity contribution is 6.10. The largest absolute Gasteiger partial charge is 0.391 e. The smallest absolute Gasteiger partial charge is 0.254 e. The second-order valence-electron chi connectivity index (χ2n) is 6.94. The van der Waals surface area contributed by atoms with Crippen molar-refractivity contribution < 1.29 is 9.90 Å². The van der Waals surface area contributed by atoms with Gasteiger partial charge in [0.05, 0.1) is 6.10 Å². The molecule has 1 fully saturated rings. The molecule has 4 heteroatoms. The molecule has 4 nitrogen and oxygen atoms in total. The van der Waals surface area contributed by atoms with E-state index in [0.29, 0.717) is 18.7 Å². The molecule has 0 saturated carbocycles. The highest BCUT2D eigenvalue weighted by Crippen LogP contribution is 2.32. The maximum absolute atomic E-state index is 13.1. The number of likely N-dealkylation sites (tertiary alicyclic amines) is 1. The van der Waals surface area contributed by atoms with Crippen LogP contribution in [-0.2, 0) is 0 Å². The van der Waals surface area contributed by atoms with Gasteiger partial charge in [-0.2, -0.15) is 0 Å². The molecule has 3 aromatic rings. The number of benzene rings is 2. The monoisotopic (exact) mass is 346 g/mol. The molecule has 0 bridgehead atoms.